The molecule has 0 bridgehead atoms. The molecule has 2 atom stereocenters. The van der Waals surface area contributed by atoms with E-state index in [1.807, 2.05) is 0 Å². The minimum atomic E-state index is -1.17. The van der Waals surface area contributed by atoms with Gasteiger partial charge < -0.3 is 4.90 Å². The van der Waals surface area contributed by atoms with Gasteiger partial charge in [-0.3, -0.25) is 0 Å². The molecule has 0 aromatic carbocycles. The van der Waals surface area contributed by atoms with Gasteiger partial charge in [0.05, 0.1) is 8.07 Å². The summed E-state index contributed by atoms with van der Waals surface area (Å²) in [6, 6.07) is 1.34. The molecule has 0 amide bonds. The highest BCUT2D eigenvalue weighted by Gasteiger charge is 2.32. The molecule has 0 heterocycles. The van der Waals surface area contributed by atoms with Crippen molar-refractivity contribution in [1.82, 2.24) is 4.90 Å². The van der Waals surface area contributed by atoms with Gasteiger partial charge in [0, 0.05) is 5.67 Å². The Balaban J connectivity index is 4.68. The van der Waals surface area contributed by atoms with Crippen LogP contribution in [0.4, 0.5) is 0 Å². The molecule has 1 nitrogen and oxygen atoms in total. The van der Waals surface area contributed by atoms with E-state index in [2.05, 4.69) is 58.1 Å². The lowest BCUT2D eigenvalue weighted by atomic mass is 10.4. The number of rotatable bonds is 5. The molecular weight excluding hydrogens is 174 g/mol. The smallest absolute Gasteiger partial charge is 0.0923 e. The molecule has 0 fully saturated rings. The van der Waals surface area contributed by atoms with Gasteiger partial charge in [-0.05, 0) is 27.4 Å². The zero-order valence-electron chi connectivity index (χ0n) is 10.1. The predicted octanol–water partition coefficient (Wildman–Crippen LogP) is 3.08. The Morgan fingerprint density at radius 3 is 2.08 bits per heavy atom. The van der Waals surface area contributed by atoms with Gasteiger partial charge in [-0.1, -0.05) is 38.2 Å². The Labute approximate surface area is 84.8 Å². The van der Waals surface area contributed by atoms with Crippen molar-refractivity contribution in [2.24, 2.45) is 0 Å². The van der Waals surface area contributed by atoms with E-state index in [4.69, 9.17) is 0 Å². The molecule has 0 aliphatic rings. The normalized spacial score (nSPS) is 19.3. The van der Waals surface area contributed by atoms with Crippen LogP contribution in [-0.2, 0) is 0 Å². The van der Waals surface area contributed by atoms with Crippen molar-refractivity contribution in [2.45, 2.75) is 45.4 Å². The van der Waals surface area contributed by atoms with Crippen LogP contribution in [0.1, 0.15) is 27.2 Å². The second kappa shape index (κ2) is 5.61. The first-order chi connectivity index (χ1) is 6.01. The molecule has 0 aromatic rings. The summed E-state index contributed by atoms with van der Waals surface area (Å²) in [5, 5.41) is 0. The summed E-state index contributed by atoms with van der Waals surface area (Å²) >= 11 is 0. The minimum Gasteiger partial charge on any atom is -0.309 e. The average molecular weight is 199 g/mol. The lowest BCUT2D eigenvalue weighted by Crippen LogP contribution is -2.50. The molecule has 0 aliphatic carbocycles. The number of hydrogen-bond donors (Lipinski definition) is 0. The van der Waals surface area contributed by atoms with Crippen LogP contribution in [0.15, 0.2) is 11.8 Å². The summed E-state index contributed by atoms with van der Waals surface area (Å²) in [7, 11) is 3.24. The lowest BCUT2D eigenvalue weighted by molar-refractivity contribution is 0.356. The van der Waals surface area contributed by atoms with Crippen LogP contribution in [0.5, 0.6) is 0 Å². The minimum absolute atomic E-state index is 0.786. The molecule has 0 rings (SSSR count). The predicted molar refractivity (Wildman–Crippen MR) is 64.7 cm³/mol. The van der Waals surface area contributed by atoms with Gasteiger partial charge in [-0.2, -0.15) is 0 Å². The Hall–Kier alpha value is -0.0831. The summed E-state index contributed by atoms with van der Waals surface area (Å²) < 4.78 is 0. The molecule has 0 spiro atoms. The zero-order valence-corrected chi connectivity index (χ0v) is 11.1. The fourth-order valence-corrected chi connectivity index (χ4v) is 6.07. The van der Waals surface area contributed by atoms with Gasteiger partial charge >= 0.3 is 0 Å². The van der Waals surface area contributed by atoms with E-state index in [-0.39, 0.29) is 0 Å². The van der Waals surface area contributed by atoms with Gasteiger partial charge in [0.15, 0.2) is 0 Å². The Morgan fingerprint density at radius 1 is 1.31 bits per heavy atom. The van der Waals surface area contributed by atoms with E-state index in [1.165, 1.54) is 12.5 Å². The van der Waals surface area contributed by atoms with Gasteiger partial charge in [0.2, 0.25) is 0 Å². The maximum Gasteiger partial charge on any atom is 0.0923 e. The highest BCUT2D eigenvalue weighted by molar-refractivity contribution is 6.84. The van der Waals surface area contributed by atoms with Crippen molar-refractivity contribution in [1.29, 1.82) is 0 Å². The van der Waals surface area contributed by atoms with E-state index in [1.54, 1.807) is 0 Å². The SMILES string of the molecule is CC=C[Si](C)(CC)C(CC)N(C)C. The largest absolute Gasteiger partial charge is 0.309 e. The molecule has 13 heavy (non-hydrogen) atoms. The molecule has 0 saturated heterocycles. The molecule has 2 heteroatoms. The monoisotopic (exact) mass is 199 g/mol. The Morgan fingerprint density at radius 2 is 1.85 bits per heavy atom. The van der Waals surface area contributed by atoms with Crippen molar-refractivity contribution in [2.75, 3.05) is 14.1 Å². The second-order valence-electron chi connectivity index (χ2n) is 4.25. The van der Waals surface area contributed by atoms with Gasteiger partial charge in [0.25, 0.3) is 0 Å². The quantitative estimate of drug-likeness (QED) is 0.615. The third-order valence-electron chi connectivity index (χ3n) is 3.08. The summed E-state index contributed by atoms with van der Waals surface area (Å²) in [5.74, 6) is 0. The Bertz CT molecular complexity index is 165. The molecule has 0 N–H and O–H groups in total. The molecular formula is C11H25NSi. The van der Waals surface area contributed by atoms with Crippen LogP contribution in [0.3, 0.4) is 0 Å². The third-order valence-corrected chi connectivity index (χ3v) is 8.15. The summed E-state index contributed by atoms with van der Waals surface area (Å²) in [5.41, 5.74) is 3.27. The van der Waals surface area contributed by atoms with Crippen molar-refractivity contribution in [3.8, 4) is 0 Å². The summed E-state index contributed by atoms with van der Waals surface area (Å²) in [4.78, 5) is 2.40. The van der Waals surface area contributed by atoms with Crippen LogP contribution in [0.25, 0.3) is 0 Å². The Kier molecular flexibility index (Phi) is 5.57. The molecule has 0 saturated carbocycles. The first-order valence-electron chi connectivity index (χ1n) is 5.32. The number of nitrogens with zero attached hydrogens (tertiary/aromatic N) is 1. The zero-order chi connectivity index (χ0) is 10.5. The summed E-state index contributed by atoms with van der Waals surface area (Å²) in [6.07, 6.45) is 3.51. The van der Waals surface area contributed by atoms with Crippen molar-refractivity contribution in [3.63, 3.8) is 0 Å². The highest BCUT2D eigenvalue weighted by atomic mass is 28.3. The van der Waals surface area contributed by atoms with Crippen molar-refractivity contribution in [3.05, 3.63) is 11.8 Å². The van der Waals surface area contributed by atoms with Crippen LogP contribution < -0.4 is 0 Å². The first-order valence-corrected chi connectivity index (χ1v) is 8.18. The maximum atomic E-state index is 2.49. The third kappa shape index (κ3) is 3.28. The van der Waals surface area contributed by atoms with Crippen LogP contribution >= 0.6 is 0 Å². The standard InChI is InChI=1S/C11H25NSi/c1-7-10-13(6,9-3)11(8-2)12(4)5/h7,10-11H,8-9H2,1-6H3. The lowest BCUT2D eigenvalue weighted by Gasteiger charge is -2.36. The maximum absolute atomic E-state index is 2.49. The highest BCUT2D eigenvalue weighted by Crippen LogP contribution is 2.21. The van der Waals surface area contributed by atoms with Gasteiger partial charge in [-0.25, -0.2) is 0 Å². The van der Waals surface area contributed by atoms with Crippen LogP contribution in [0.2, 0.25) is 12.6 Å². The van der Waals surface area contributed by atoms with Gasteiger partial charge in [0.1, 0.15) is 0 Å². The van der Waals surface area contributed by atoms with Crippen molar-refractivity contribution >= 4 is 8.07 Å². The first kappa shape index (κ1) is 12.9. The van der Waals surface area contributed by atoms with E-state index < -0.39 is 8.07 Å². The molecule has 0 aliphatic heterocycles. The van der Waals surface area contributed by atoms with Crippen LogP contribution in [0, 0.1) is 0 Å². The molecule has 2 unspecified atom stereocenters. The molecule has 0 aromatic heterocycles. The van der Waals surface area contributed by atoms with Crippen molar-refractivity contribution < 1.29 is 0 Å². The second-order valence-corrected chi connectivity index (χ2v) is 8.97. The van der Waals surface area contributed by atoms with Crippen LogP contribution in [-0.4, -0.2) is 32.7 Å². The number of allylic oxidation sites excluding steroid dienone is 1. The molecule has 0 radical (unpaired) electrons. The fourth-order valence-electron chi connectivity index (χ4n) is 2.27. The topological polar surface area (TPSA) is 3.24 Å². The van der Waals surface area contributed by atoms with E-state index in [0.717, 1.165) is 5.67 Å². The summed E-state index contributed by atoms with van der Waals surface area (Å²) in [6.45, 7) is 9.26. The average Bonchev–Trinajstić information content (AvgIpc) is 2.05. The van der Waals surface area contributed by atoms with E-state index in [0.29, 0.717) is 0 Å². The fraction of sp³-hybridized carbons (Fsp3) is 0.818. The van der Waals surface area contributed by atoms with Gasteiger partial charge in [-0.15, -0.1) is 0 Å². The number of hydrogen-bond acceptors (Lipinski definition) is 1. The molecule has 78 valence electrons. The van der Waals surface area contributed by atoms with E-state index in [9.17, 15) is 0 Å². The van der Waals surface area contributed by atoms with E-state index >= 15 is 0 Å².